The topological polar surface area (TPSA) is 99.1 Å². The summed E-state index contributed by atoms with van der Waals surface area (Å²) in [5, 5.41) is 0. The molecule has 5 rings (SSSR count). The Morgan fingerprint density at radius 1 is 1.03 bits per heavy atom. The number of hydroxylamine groups is 1. The zero-order valence-electron chi connectivity index (χ0n) is 21.7. The van der Waals surface area contributed by atoms with Crippen LogP contribution in [0.3, 0.4) is 0 Å². The number of carbonyl (C=O) groups is 1. The molecule has 10 heteroatoms. The number of amides is 1. The second kappa shape index (κ2) is 12.7. The SMILES string of the molecule is O=C(C=Cc1ccn(S(=O)(=O)c2cccc(-c3cccc(CN4CCOCC4)c3)c2)c1)NOC1CCCCO1. The molecule has 0 bridgehead atoms. The van der Waals surface area contributed by atoms with Gasteiger partial charge in [0.05, 0.1) is 18.1 Å². The fraction of sp³-hybridized carbons (Fsp3) is 0.345. The molecule has 2 aliphatic rings. The fourth-order valence-electron chi connectivity index (χ4n) is 4.60. The van der Waals surface area contributed by atoms with E-state index in [1.165, 1.54) is 30.1 Å². The van der Waals surface area contributed by atoms with E-state index in [-0.39, 0.29) is 4.90 Å². The molecule has 1 unspecified atom stereocenters. The molecule has 2 fully saturated rings. The van der Waals surface area contributed by atoms with Gasteiger partial charge in [0.25, 0.3) is 15.9 Å². The fourth-order valence-corrected chi connectivity index (χ4v) is 5.85. The molecule has 9 nitrogen and oxygen atoms in total. The molecule has 39 heavy (non-hydrogen) atoms. The van der Waals surface area contributed by atoms with Gasteiger partial charge in [0.2, 0.25) is 0 Å². The van der Waals surface area contributed by atoms with Crippen LogP contribution in [0.5, 0.6) is 0 Å². The van der Waals surface area contributed by atoms with E-state index in [1.54, 1.807) is 24.3 Å². The second-order valence-corrected chi connectivity index (χ2v) is 11.5. The molecule has 2 saturated heterocycles. The molecule has 0 saturated carbocycles. The Morgan fingerprint density at radius 3 is 2.62 bits per heavy atom. The van der Waals surface area contributed by atoms with E-state index < -0.39 is 22.2 Å². The van der Waals surface area contributed by atoms with E-state index in [2.05, 4.69) is 22.5 Å². The molecule has 2 aliphatic heterocycles. The van der Waals surface area contributed by atoms with Crippen LogP contribution in [0.15, 0.2) is 78.0 Å². The lowest BCUT2D eigenvalue weighted by molar-refractivity contribution is -0.198. The van der Waals surface area contributed by atoms with Gasteiger partial charge in [-0.1, -0.05) is 30.3 Å². The number of benzene rings is 2. The zero-order chi connectivity index (χ0) is 27.1. The van der Waals surface area contributed by atoms with Crippen molar-refractivity contribution in [3.05, 3.63) is 84.2 Å². The Bertz CT molecular complexity index is 1410. The van der Waals surface area contributed by atoms with Gasteiger partial charge in [-0.05, 0) is 65.4 Å². The van der Waals surface area contributed by atoms with E-state index >= 15 is 0 Å². The highest BCUT2D eigenvalue weighted by atomic mass is 32.2. The van der Waals surface area contributed by atoms with Gasteiger partial charge in [-0.15, -0.1) is 0 Å². The van der Waals surface area contributed by atoms with Crippen molar-refractivity contribution in [1.82, 2.24) is 14.4 Å². The highest BCUT2D eigenvalue weighted by Gasteiger charge is 2.18. The molecule has 1 aromatic heterocycles. The minimum atomic E-state index is -3.83. The first-order chi connectivity index (χ1) is 19.0. The van der Waals surface area contributed by atoms with Crippen molar-refractivity contribution in [2.24, 2.45) is 0 Å². The van der Waals surface area contributed by atoms with Crippen molar-refractivity contribution in [2.45, 2.75) is 37.0 Å². The average Bonchev–Trinajstić information content (AvgIpc) is 3.46. The minimum Gasteiger partial charge on any atom is -0.379 e. The van der Waals surface area contributed by atoms with Crippen LogP contribution >= 0.6 is 0 Å². The average molecular weight is 552 g/mol. The maximum atomic E-state index is 13.4. The van der Waals surface area contributed by atoms with Crippen molar-refractivity contribution >= 4 is 22.0 Å². The Labute approximate surface area is 229 Å². The summed E-state index contributed by atoms with van der Waals surface area (Å²) in [5.41, 5.74) is 5.87. The van der Waals surface area contributed by atoms with Gasteiger partial charge in [-0.25, -0.2) is 22.7 Å². The van der Waals surface area contributed by atoms with Crippen LogP contribution in [0.1, 0.15) is 30.4 Å². The summed E-state index contributed by atoms with van der Waals surface area (Å²) >= 11 is 0. The standard InChI is InChI=1S/C29H33N3O6S/c33-28(30-38-29-9-1-2-16-37-29)11-10-23-12-13-32(22-23)39(34,35)27-8-4-7-26(20-27)25-6-3-5-24(19-25)21-31-14-17-36-18-15-31/h3-8,10-13,19-20,22,29H,1-2,9,14-18,21H2,(H,30,33). The third-order valence-corrected chi connectivity index (χ3v) is 8.36. The summed E-state index contributed by atoms with van der Waals surface area (Å²) < 4.78 is 38.8. The summed E-state index contributed by atoms with van der Waals surface area (Å²) in [6.45, 7) is 4.73. The third-order valence-electron chi connectivity index (χ3n) is 6.73. The molecule has 3 heterocycles. The zero-order valence-corrected chi connectivity index (χ0v) is 22.5. The van der Waals surface area contributed by atoms with E-state index in [9.17, 15) is 13.2 Å². The quantitative estimate of drug-likeness (QED) is 0.319. The Morgan fingerprint density at radius 2 is 1.82 bits per heavy atom. The van der Waals surface area contributed by atoms with Gasteiger partial charge in [-0.3, -0.25) is 9.69 Å². The lowest BCUT2D eigenvalue weighted by Gasteiger charge is -2.26. The Balaban J connectivity index is 1.25. The number of nitrogens with one attached hydrogen (secondary N) is 1. The van der Waals surface area contributed by atoms with E-state index in [4.69, 9.17) is 14.3 Å². The van der Waals surface area contributed by atoms with Gasteiger partial charge in [0.15, 0.2) is 6.29 Å². The van der Waals surface area contributed by atoms with Gasteiger partial charge in [0.1, 0.15) is 0 Å². The number of hydrogen-bond acceptors (Lipinski definition) is 7. The Kier molecular flexibility index (Phi) is 8.90. The molecule has 206 valence electrons. The summed E-state index contributed by atoms with van der Waals surface area (Å²) in [7, 11) is -3.83. The van der Waals surface area contributed by atoms with Crippen LogP contribution in [0.4, 0.5) is 0 Å². The first-order valence-corrected chi connectivity index (χ1v) is 14.6. The largest absolute Gasteiger partial charge is 0.379 e. The Hall–Kier alpha value is -3.28. The molecule has 0 radical (unpaired) electrons. The molecule has 0 spiro atoms. The third kappa shape index (κ3) is 7.23. The molecule has 0 aliphatic carbocycles. The van der Waals surface area contributed by atoms with E-state index in [0.717, 1.165) is 67.2 Å². The number of ether oxygens (including phenoxy) is 2. The minimum absolute atomic E-state index is 0.184. The molecular formula is C29H33N3O6S. The van der Waals surface area contributed by atoms with Crippen molar-refractivity contribution < 1.29 is 27.5 Å². The highest BCUT2D eigenvalue weighted by molar-refractivity contribution is 7.90. The van der Waals surface area contributed by atoms with Crippen molar-refractivity contribution in [3.63, 3.8) is 0 Å². The number of aromatic nitrogens is 1. The van der Waals surface area contributed by atoms with Crippen LogP contribution < -0.4 is 5.48 Å². The normalized spacial score (nSPS) is 18.8. The predicted molar refractivity (Wildman–Crippen MR) is 147 cm³/mol. The smallest absolute Gasteiger partial charge is 0.267 e. The molecule has 1 atom stereocenters. The summed E-state index contributed by atoms with van der Waals surface area (Å²) in [5.74, 6) is -0.455. The lowest BCUT2D eigenvalue weighted by Crippen LogP contribution is -2.35. The summed E-state index contributed by atoms with van der Waals surface area (Å²) in [6, 6.07) is 16.8. The maximum absolute atomic E-state index is 13.4. The van der Waals surface area contributed by atoms with Crippen LogP contribution in [-0.4, -0.2) is 62.4 Å². The summed E-state index contributed by atoms with van der Waals surface area (Å²) in [4.78, 5) is 19.9. The number of morpholine rings is 1. The maximum Gasteiger partial charge on any atom is 0.267 e. The first kappa shape index (κ1) is 27.3. The van der Waals surface area contributed by atoms with Crippen LogP contribution in [0.2, 0.25) is 0 Å². The van der Waals surface area contributed by atoms with Gasteiger partial charge >= 0.3 is 0 Å². The van der Waals surface area contributed by atoms with Gasteiger partial charge in [-0.2, -0.15) is 0 Å². The lowest BCUT2D eigenvalue weighted by atomic mass is 10.0. The molecule has 1 amide bonds. The highest BCUT2D eigenvalue weighted by Crippen LogP contribution is 2.25. The molecule has 2 aromatic carbocycles. The van der Waals surface area contributed by atoms with Crippen LogP contribution in [0.25, 0.3) is 17.2 Å². The number of hydrogen-bond donors (Lipinski definition) is 1. The number of carbonyl (C=O) groups excluding carboxylic acids is 1. The molecular weight excluding hydrogens is 518 g/mol. The predicted octanol–water partition coefficient (Wildman–Crippen LogP) is 3.81. The monoisotopic (exact) mass is 551 g/mol. The number of rotatable bonds is 9. The molecule has 1 N–H and O–H groups in total. The van der Waals surface area contributed by atoms with Gasteiger partial charge < -0.3 is 9.47 Å². The molecule has 3 aromatic rings. The van der Waals surface area contributed by atoms with Gasteiger partial charge in [0, 0.05) is 51.1 Å². The first-order valence-electron chi connectivity index (χ1n) is 13.2. The van der Waals surface area contributed by atoms with E-state index in [0.29, 0.717) is 12.2 Å². The van der Waals surface area contributed by atoms with Crippen molar-refractivity contribution in [1.29, 1.82) is 0 Å². The van der Waals surface area contributed by atoms with Crippen LogP contribution in [-0.2, 0) is 35.7 Å². The summed E-state index contributed by atoms with van der Waals surface area (Å²) in [6.07, 6.45) is 8.02. The van der Waals surface area contributed by atoms with Crippen LogP contribution in [0, 0.1) is 0 Å². The van der Waals surface area contributed by atoms with E-state index in [1.807, 2.05) is 18.2 Å². The number of nitrogens with zero attached hydrogens (tertiary/aromatic N) is 2. The van der Waals surface area contributed by atoms with Crippen molar-refractivity contribution in [3.8, 4) is 11.1 Å². The second-order valence-electron chi connectivity index (χ2n) is 9.61. The van der Waals surface area contributed by atoms with Crippen molar-refractivity contribution in [2.75, 3.05) is 32.9 Å².